The molecule has 2 rings (SSSR count). The summed E-state index contributed by atoms with van der Waals surface area (Å²) in [6, 6.07) is 4.69. The SMILES string of the molecule is CC.CCC(=O)O.CCC(=O)O.CO.Cc1cccc(C(=O)NCCCCC(NC(=O)CNC(=O)[C@@H](CCC=O)NC(=O)CNC(=O)C2CCC(C(N)=O)CC2)C(=O)O)c1. The van der Waals surface area contributed by atoms with E-state index in [0.717, 1.165) is 12.7 Å². The van der Waals surface area contributed by atoms with Crippen LogP contribution in [-0.4, -0.2) is 119 Å². The van der Waals surface area contributed by atoms with Crippen molar-refractivity contribution in [3.63, 3.8) is 0 Å². The van der Waals surface area contributed by atoms with E-state index in [2.05, 4.69) is 26.6 Å². The Balaban J connectivity index is -0.00000202. The molecule has 0 heterocycles. The number of aliphatic carboxylic acids is 3. The number of carbonyl (C=O) groups excluding carboxylic acids is 7. The van der Waals surface area contributed by atoms with E-state index < -0.39 is 66.7 Å². The first kappa shape index (κ1) is 58.4. The Morgan fingerprint density at radius 2 is 1.25 bits per heavy atom. The van der Waals surface area contributed by atoms with Crippen LogP contribution < -0.4 is 32.3 Å². The van der Waals surface area contributed by atoms with Gasteiger partial charge in [0.25, 0.3) is 5.91 Å². The molecule has 1 saturated carbocycles. The smallest absolute Gasteiger partial charge is 0.326 e. The van der Waals surface area contributed by atoms with Gasteiger partial charge in [0.2, 0.25) is 29.5 Å². The number of nitrogens with two attached hydrogens (primary N) is 1. The lowest BCUT2D eigenvalue weighted by Crippen LogP contribution is -2.52. The van der Waals surface area contributed by atoms with Crippen LogP contribution in [0.25, 0.3) is 0 Å². The van der Waals surface area contributed by atoms with Crippen LogP contribution in [0.3, 0.4) is 0 Å². The molecule has 1 aliphatic carbocycles. The summed E-state index contributed by atoms with van der Waals surface area (Å²) < 4.78 is 0. The number of unbranched alkanes of at least 4 members (excludes halogenated alkanes) is 1. The van der Waals surface area contributed by atoms with Crippen molar-refractivity contribution in [2.24, 2.45) is 17.6 Å². The number of aryl methyl sites for hydroxylation is 1. The molecule has 1 aliphatic rings. The standard InChI is InChI=1S/C31H44N6O9.2C3H6O2.C2H6.CH4O/c1-19-6-4-7-22(16-19)29(43)33-14-3-2-8-24(31(45)46)37-26(40)18-35-30(44)23(9-5-15-38)36-25(39)17-34-28(42)21-12-10-20(11-13-21)27(32)41;2*1-2-3(4)5;2*1-2/h4,6-7,15-16,20-21,23-24H,2-3,5,8-14,17-18H2,1H3,(H2,32,41)(H,33,43)(H,34,42)(H,35,44)(H,36,39)(H,37,40)(H,45,46);2*2H2,1H3,(H,4,5);1-2H3;2H,1H3/t20?,21?,23-,24?;;;;/m1..../s1. The normalized spacial score (nSPS) is 14.4. The highest BCUT2D eigenvalue weighted by molar-refractivity contribution is 5.94. The highest BCUT2D eigenvalue weighted by atomic mass is 16.4. The Morgan fingerprint density at radius 1 is 0.750 bits per heavy atom. The minimum absolute atomic E-state index is 0.0629. The summed E-state index contributed by atoms with van der Waals surface area (Å²) in [6.45, 7) is 8.40. The molecule has 0 radical (unpaired) electrons. The number of rotatable bonds is 21. The van der Waals surface area contributed by atoms with Crippen LogP contribution in [0.5, 0.6) is 0 Å². The molecule has 0 bridgehead atoms. The Hall–Kier alpha value is -5.92. The molecule has 1 aromatic rings. The molecule has 0 aromatic heterocycles. The second-order valence-corrected chi connectivity index (χ2v) is 12.8. The van der Waals surface area contributed by atoms with Gasteiger partial charge in [-0.2, -0.15) is 0 Å². The van der Waals surface area contributed by atoms with Crippen molar-refractivity contribution in [2.45, 2.75) is 117 Å². The number of benzene rings is 1. The van der Waals surface area contributed by atoms with Crippen molar-refractivity contribution in [1.29, 1.82) is 0 Å². The zero-order valence-corrected chi connectivity index (χ0v) is 35.5. The maximum absolute atomic E-state index is 12.7. The highest BCUT2D eigenvalue weighted by Crippen LogP contribution is 2.28. The fourth-order valence-corrected chi connectivity index (χ4v) is 5.06. The van der Waals surface area contributed by atoms with Crippen LogP contribution in [0, 0.1) is 18.8 Å². The Labute approximate surface area is 351 Å². The second kappa shape index (κ2) is 36.2. The van der Waals surface area contributed by atoms with Crippen LogP contribution in [0.4, 0.5) is 0 Å². The summed E-state index contributed by atoms with van der Waals surface area (Å²) in [4.78, 5) is 115. The number of hydrogen-bond donors (Lipinski definition) is 10. The lowest BCUT2D eigenvalue weighted by molar-refractivity contribution is -0.142. The Kier molecular flexibility index (Phi) is 35.2. The first-order valence-electron chi connectivity index (χ1n) is 19.8. The Bertz CT molecular complexity index is 1480. The molecule has 1 fully saturated rings. The Morgan fingerprint density at radius 3 is 1.72 bits per heavy atom. The second-order valence-electron chi connectivity index (χ2n) is 12.8. The summed E-state index contributed by atoms with van der Waals surface area (Å²) in [5, 5.41) is 44.3. The topological polar surface area (TPSA) is 338 Å². The van der Waals surface area contributed by atoms with Gasteiger partial charge < -0.3 is 57.5 Å². The minimum Gasteiger partial charge on any atom is -0.481 e. The van der Waals surface area contributed by atoms with Crippen molar-refractivity contribution in [1.82, 2.24) is 26.6 Å². The predicted octanol–water partition coefficient (Wildman–Crippen LogP) is 1.05. The third-order valence-electron chi connectivity index (χ3n) is 8.30. The molecule has 60 heavy (non-hydrogen) atoms. The van der Waals surface area contributed by atoms with Gasteiger partial charge in [-0.1, -0.05) is 45.4 Å². The number of aliphatic hydroxyl groups is 1. The third kappa shape index (κ3) is 29.3. The lowest BCUT2D eigenvalue weighted by atomic mass is 9.81. The van der Waals surface area contributed by atoms with Crippen molar-refractivity contribution >= 4 is 59.6 Å². The number of aldehydes is 1. The number of hydrogen-bond acceptors (Lipinski definition) is 11. The van der Waals surface area contributed by atoms with Crippen molar-refractivity contribution in [3.8, 4) is 0 Å². The van der Waals surface area contributed by atoms with Crippen LogP contribution in [-0.2, 0) is 43.2 Å². The molecule has 340 valence electrons. The molecule has 1 unspecified atom stereocenters. The van der Waals surface area contributed by atoms with Gasteiger partial charge in [-0.3, -0.25) is 38.4 Å². The van der Waals surface area contributed by atoms with E-state index in [0.29, 0.717) is 56.9 Å². The van der Waals surface area contributed by atoms with E-state index in [9.17, 15) is 53.1 Å². The van der Waals surface area contributed by atoms with Crippen LogP contribution >= 0.6 is 0 Å². The molecule has 20 nitrogen and oxygen atoms in total. The maximum atomic E-state index is 12.7. The average molecular weight is 855 g/mol. The van der Waals surface area contributed by atoms with Crippen molar-refractivity contribution in [2.75, 3.05) is 26.7 Å². The number of carboxylic acids is 3. The maximum Gasteiger partial charge on any atom is 0.326 e. The zero-order valence-electron chi connectivity index (χ0n) is 35.5. The van der Waals surface area contributed by atoms with Crippen LogP contribution in [0.15, 0.2) is 24.3 Å². The molecular weight excluding hydrogens is 788 g/mol. The molecule has 0 spiro atoms. The largest absolute Gasteiger partial charge is 0.481 e. The van der Waals surface area contributed by atoms with Crippen molar-refractivity contribution in [3.05, 3.63) is 35.4 Å². The van der Waals surface area contributed by atoms with E-state index in [4.69, 9.17) is 21.1 Å². The number of amides is 6. The molecule has 11 N–H and O–H groups in total. The van der Waals surface area contributed by atoms with Gasteiger partial charge in [-0.25, -0.2) is 4.79 Å². The zero-order chi connectivity index (χ0) is 46.6. The summed E-state index contributed by atoms with van der Waals surface area (Å²) >= 11 is 0. The molecule has 6 amide bonds. The highest BCUT2D eigenvalue weighted by Gasteiger charge is 2.29. The molecule has 20 heteroatoms. The van der Waals surface area contributed by atoms with Crippen molar-refractivity contribution < 1.29 is 68.4 Å². The number of carbonyl (C=O) groups is 10. The van der Waals surface area contributed by atoms with Gasteiger partial charge in [0.05, 0.1) is 13.1 Å². The fraction of sp³-hybridized carbons (Fsp3) is 0.600. The fourth-order valence-electron chi connectivity index (χ4n) is 5.06. The lowest BCUT2D eigenvalue weighted by Gasteiger charge is -2.25. The summed E-state index contributed by atoms with van der Waals surface area (Å²) in [6.07, 6.45) is 3.74. The van der Waals surface area contributed by atoms with Gasteiger partial charge in [0, 0.05) is 50.3 Å². The van der Waals surface area contributed by atoms with Gasteiger partial charge >= 0.3 is 17.9 Å². The number of primary amides is 1. The molecule has 0 saturated heterocycles. The van der Waals surface area contributed by atoms with Gasteiger partial charge in [0.15, 0.2) is 0 Å². The van der Waals surface area contributed by atoms with E-state index in [1.165, 1.54) is 0 Å². The monoisotopic (exact) mass is 854 g/mol. The number of nitrogens with one attached hydrogen (secondary N) is 5. The van der Waals surface area contributed by atoms with Gasteiger partial charge in [-0.05, 0) is 70.4 Å². The first-order chi connectivity index (χ1) is 28.4. The van der Waals surface area contributed by atoms with Crippen LogP contribution in [0.1, 0.15) is 114 Å². The van der Waals surface area contributed by atoms with E-state index in [1.54, 1.807) is 32.0 Å². The summed E-state index contributed by atoms with van der Waals surface area (Å²) in [7, 11) is 1.00. The molecular formula is C40H66N6O14. The third-order valence-corrected chi connectivity index (χ3v) is 8.30. The molecule has 1 aromatic carbocycles. The molecule has 0 aliphatic heterocycles. The van der Waals surface area contributed by atoms with Crippen LogP contribution in [0.2, 0.25) is 0 Å². The number of carboxylic acid groups (broad SMARTS) is 3. The number of aliphatic hydroxyl groups excluding tert-OH is 1. The van der Waals surface area contributed by atoms with E-state index in [1.807, 2.05) is 26.8 Å². The molecule has 2 atom stereocenters. The van der Waals surface area contributed by atoms with E-state index in [-0.39, 0.29) is 55.8 Å². The summed E-state index contributed by atoms with van der Waals surface area (Å²) in [5.74, 6) is -6.60. The first-order valence-corrected chi connectivity index (χ1v) is 19.8. The summed E-state index contributed by atoms with van der Waals surface area (Å²) in [5.41, 5.74) is 6.78. The van der Waals surface area contributed by atoms with E-state index >= 15 is 0 Å². The quantitative estimate of drug-likeness (QED) is 0.0611. The minimum atomic E-state index is -1.26. The van der Waals surface area contributed by atoms with Gasteiger partial charge in [-0.15, -0.1) is 0 Å². The average Bonchev–Trinajstić information content (AvgIpc) is 3.24. The predicted molar refractivity (Wildman–Crippen MR) is 220 cm³/mol. The van der Waals surface area contributed by atoms with Gasteiger partial charge in [0.1, 0.15) is 18.4 Å².